The van der Waals surface area contributed by atoms with Crippen LogP contribution in [-0.4, -0.2) is 45.6 Å². The molecule has 1 amide bonds. The molecule has 0 saturated heterocycles. The lowest BCUT2D eigenvalue weighted by molar-refractivity contribution is 0.0995. The van der Waals surface area contributed by atoms with E-state index in [1.807, 2.05) is 29.1 Å². The van der Waals surface area contributed by atoms with E-state index in [0.717, 1.165) is 41.2 Å². The molecule has 2 atom stereocenters. The minimum Gasteiger partial charge on any atom is -0.364 e. The van der Waals surface area contributed by atoms with Crippen LogP contribution in [0.5, 0.6) is 0 Å². The van der Waals surface area contributed by atoms with Gasteiger partial charge in [-0.05, 0) is 49.8 Å². The SMILES string of the molecule is CC[C@@H](C)n1ncc2nc(-n3cc(C(N)=O)nn3)nc(N[C@@H](c3cnc4ccccc4c3)C3CC3)c21. The van der Waals surface area contributed by atoms with Crippen molar-refractivity contribution in [3.05, 3.63) is 60.2 Å². The van der Waals surface area contributed by atoms with Crippen LogP contribution in [-0.2, 0) is 0 Å². The van der Waals surface area contributed by atoms with Gasteiger partial charge >= 0.3 is 0 Å². The van der Waals surface area contributed by atoms with Crippen molar-refractivity contribution in [1.29, 1.82) is 0 Å². The molecule has 1 aliphatic carbocycles. The number of nitrogens with one attached hydrogen (secondary N) is 1. The van der Waals surface area contributed by atoms with Gasteiger partial charge in [0.15, 0.2) is 11.5 Å². The molecule has 0 bridgehead atoms. The lowest BCUT2D eigenvalue weighted by Gasteiger charge is -2.21. The summed E-state index contributed by atoms with van der Waals surface area (Å²) in [6.07, 6.45) is 8.26. The number of amides is 1. The van der Waals surface area contributed by atoms with Crippen LogP contribution < -0.4 is 11.1 Å². The summed E-state index contributed by atoms with van der Waals surface area (Å²) in [4.78, 5) is 25.7. The fourth-order valence-corrected chi connectivity index (χ4v) is 4.44. The van der Waals surface area contributed by atoms with Crippen LogP contribution in [0, 0.1) is 5.92 Å². The molecule has 0 spiro atoms. The van der Waals surface area contributed by atoms with Gasteiger partial charge in [-0.2, -0.15) is 14.8 Å². The van der Waals surface area contributed by atoms with Gasteiger partial charge in [0, 0.05) is 17.6 Å². The monoisotopic (exact) mass is 482 g/mol. The average molecular weight is 483 g/mol. The van der Waals surface area contributed by atoms with Crippen LogP contribution in [0.15, 0.2) is 48.9 Å². The van der Waals surface area contributed by atoms with Gasteiger partial charge < -0.3 is 11.1 Å². The Kier molecular flexibility index (Phi) is 5.32. The smallest absolute Gasteiger partial charge is 0.270 e. The molecule has 1 saturated carbocycles. The fraction of sp³-hybridized carbons (Fsp3) is 0.320. The normalized spacial score (nSPS) is 15.3. The van der Waals surface area contributed by atoms with Crippen molar-refractivity contribution in [2.75, 3.05) is 5.32 Å². The first-order chi connectivity index (χ1) is 17.5. The summed E-state index contributed by atoms with van der Waals surface area (Å²) in [5, 5.41) is 17.3. The highest BCUT2D eigenvalue weighted by Gasteiger charge is 2.34. The molecule has 11 nitrogen and oxygen atoms in total. The first kappa shape index (κ1) is 22.1. The minimum atomic E-state index is -0.664. The van der Waals surface area contributed by atoms with E-state index in [1.165, 1.54) is 10.9 Å². The van der Waals surface area contributed by atoms with Crippen molar-refractivity contribution in [2.24, 2.45) is 11.7 Å². The first-order valence-electron chi connectivity index (χ1n) is 12.1. The molecule has 1 fully saturated rings. The highest BCUT2D eigenvalue weighted by Crippen LogP contribution is 2.43. The Morgan fingerprint density at radius 2 is 2.03 bits per heavy atom. The Morgan fingerprint density at radius 1 is 1.19 bits per heavy atom. The van der Waals surface area contributed by atoms with Gasteiger partial charge in [0.05, 0.1) is 24.0 Å². The maximum atomic E-state index is 11.5. The van der Waals surface area contributed by atoms with Gasteiger partial charge in [0.2, 0.25) is 0 Å². The number of para-hydroxylation sites is 1. The molecule has 0 unspecified atom stereocenters. The number of hydrogen-bond donors (Lipinski definition) is 2. The van der Waals surface area contributed by atoms with E-state index in [0.29, 0.717) is 17.3 Å². The Hall–Kier alpha value is -4.41. The molecule has 6 rings (SSSR count). The Morgan fingerprint density at radius 3 is 2.78 bits per heavy atom. The van der Waals surface area contributed by atoms with Gasteiger partial charge in [0.1, 0.15) is 11.0 Å². The molecule has 3 N–H and O–H groups in total. The summed E-state index contributed by atoms with van der Waals surface area (Å²) in [6, 6.07) is 10.5. The number of benzene rings is 1. The third-order valence-electron chi connectivity index (χ3n) is 6.75. The molecule has 4 aromatic heterocycles. The zero-order chi connectivity index (χ0) is 24.8. The number of nitrogens with zero attached hydrogens (tertiary/aromatic N) is 8. The van der Waals surface area contributed by atoms with Gasteiger partial charge in [-0.1, -0.05) is 30.3 Å². The van der Waals surface area contributed by atoms with Crippen LogP contribution in [0.4, 0.5) is 5.82 Å². The second kappa shape index (κ2) is 8.67. The second-order valence-electron chi connectivity index (χ2n) is 9.29. The van der Waals surface area contributed by atoms with Crippen molar-refractivity contribution >= 4 is 33.7 Å². The van der Waals surface area contributed by atoms with Crippen molar-refractivity contribution in [3.63, 3.8) is 0 Å². The summed E-state index contributed by atoms with van der Waals surface area (Å²) < 4.78 is 3.31. The van der Waals surface area contributed by atoms with E-state index >= 15 is 0 Å². The zero-order valence-electron chi connectivity index (χ0n) is 20.0. The van der Waals surface area contributed by atoms with E-state index < -0.39 is 5.91 Å². The molecule has 1 aliphatic rings. The highest BCUT2D eigenvalue weighted by molar-refractivity contribution is 5.90. The number of aromatic nitrogens is 8. The third-order valence-corrected chi connectivity index (χ3v) is 6.75. The predicted molar refractivity (Wildman–Crippen MR) is 135 cm³/mol. The summed E-state index contributed by atoms with van der Waals surface area (Å²) in [6.45, 7) is 4.24. The van der Waals surface area contributed by atoms with Crippen molar-refractivity contribution in [1.82, 2.24) is 39.7 Å². The largest absolute Gasteiger partial charge is 0.364 e. The quantitative estimate of drug-likeness (QED) is 0.342. The molecule has 5 aromatic rings. The van der Waals surface area contributed by atoms with Crippen LogP contribution in [0.2, 0.25) is 0 Å². The number of carbonyl (C=O) groups is 1. The second-order valence-corrected chi connectivity index (χ2v) is 9.29. The van der Waals surface area contributed by atoms with Crippen LogP contribution in [0.25, 0.3) is 27.9 Å². The molecule has 0 radical (unpaired) electrons. The summed E-state index contributed by atoms with van der Waals surface area (Å²) >= 11 is 0. The van der Waals surface area contributed by atoms with Gasteiger partial charge in [-0.3, -0.25) is 14.5 Å². The van der Waals surface area contributed by atoms with E-state index in [1.54, 1.807) is 6.20 Å². The summed E-state index contributed by atoms with van der Waals surface area (Å²) in [7, 11) is 0. The lowest BCUT2D eigenvalue weighted by atomic mass is 10.0. The number of pyridine rings is 1. The molecule has 11 heteroatoms. The third kappa shape index (κ3) is 3.92. The number of carbonyl (C=O) groups excluding carboxylic acids is 1. The van der Waals surface area contributed by atoms with Crippen LogP contribution in [0.1, 0.15) is 61.2 Å². The fourth-order valence-electron chi connectivity index (χ4n) is 4.44. The topological polar surface area (TPSA) is 142 Å². The van der Waals surface area contributed by atoms with Crippen LogP contribution in [0.3, 0.4) is 0 Å². The van der Waals surface area contributed by atoms with Gasteiger partial charge in [-0.15, -0.1) is 5.10 Å². The molecular weight excluding hydrogens is 456 g/mol. The number of hydrogen-bond acceptors (Lipinski definition) is 8. The van der Waals surface area contributed by atoms with Crippen molar-refractivity contribution in [2.45, 2.75) is 45.2 Å². The number of fused-ring (bicyclic) bond motifs is 2. The molecule has 182 valence electrons. The zero-order valence-corrected chi connectivity index (χ0v) is 20.0. The van der Waals surface area contributed by atoms with E-state index in [4.69, 9.17) is 15.7 Å². The maximum absolute atomic E-state index is 11.5. The maximum Gasteiger partial charge on any atom is 0.270 e. The average Bonchev–Trinajstić information content (AvgIpc) is 3.44. The molecule has 0 aliphatic heterocycles. The van der Waals surface area contributed by atoms with E-state index in [2.05, 4.69) is 51.7 Å². The molecule has 4 heterocycles. The standard InChI is InChI=1S/C25H26N10O/c1-3-14(2)35-22-19(12-28-35)29-25(34-13-20(23(26)36)32-33-34)31-24(22)30-21(15-8-9-15)17-10-16-6-4-5-7-18(16)27-11-17/h4-7,10-15,21H,3,8-9H2,1-2H3,(H2,26,36)(H,29,30,31)/t14-,21-/m1/s1. The number of primary amides is 1. The molecular formula is C25H26N10O. The Balaban J connectivity index is 1.47. The van der Waals surface area contributed by atoms with E-state index in [9.17, 15) is 4.79 Å². The number of anilines is 1. The van der Waals surface area contributed by atoms with Crippen molar-refractivity contribution in [3.8, 4) is 5.95 Å². The predicted octanol–water partition coefficient (Wildman–Crippen LogP) is 3.59. The lowest BCUT2D eigenvalue weighted by Crippen LogP contribution is -2.17. The van der Waals surface area contributed by atoms with E-state index in [-0.39, 0.29) is 23.7 Å². The number of nitrogens with two attached hydrogens (primary N) is 1. The summed E-state index contributed by atoms with van der Waals surface area (Å²) in [5.41, 5.74) is 8.97. The minimum absolute atomic E-state index is 0.0188. The van der Waals surface area contributed by atoms with Crippen LogP contribution >= 0.6 is 0 Å². The number of rotatable bonds is 8. The Bertz CT molecular complexity index is 1580. The Labute approximate surface area is 206 Å². The van der Waals surface area contributed by atoms with Crippen molar-refractivity contribution < 1.29 is 4.79 Å². The van der Waals surface area contributed by atoms with Gasteiger partial charge in [0.25, 0.3) is 11.9 Å². The van der Waals surface area contributed by atoms with Gasteiger partial charge in [-0.25, -0.2) is 4.98 Å². The molecule has 1 aromatic carbocycles. The molecule has 36 heavy (non-hydrogen) atoms. The summed E-state index contributed by atoms with van der Waals surface area (Å²) in [5.74, 6) is 0.728. The first-order valence-corrected chi connectivity index (χ1v) is 12.1. The highest BCUT2D eigenvalue weighted by atomic mass is 16.1.